The van der Waals surface area contributed by atoms with E-state index in [4.69, 9.17) is 21.1 Å². The monoisotopic (exact) mass is 347 g/mol. The number of ether oxygens (including phenoxy) is 2. The van der Waals surface area contributed by atoms with Gasteiger partial charge in [-0.2, -0.15) is 5.10 Å². The van der Waals surface area contributed by atoms with Gasteiger partial charge in [-0.15, -0.1) is 0 Å². The lowest BCUT2D eigenvalue weighted by Gasteiger charge is -2.25. The van der Waals surface area contributed by atoms with Crippen molar-refractivity contribution in [3.63, 3.8) is 0 Å². The first kappa shape index (κ1) is 15.3. The van der Waals surface area contributed by atoms with Crippen LogP contribution < -0.4 is 9.47 Å². The van der Waals surface area contributed by atoms with Gasteiger partial charge in [0.2, 0.25) is 6.79 Å². The molecular weight excluding hydrogens is 330 g/mol. The summed E-state index contributed by atoms with van der Waals surface area (Å²) in [5.74, 6) is 1.09. The number of carbonyl (C=O) groups excluding carboxylic acids is 1. The quantitative estimate of drug-likeness (QED) is 0.837. The molecule has 0 saturated carbocycles. The molecule has 0 bridgehead atoms. The van der Waals surface area contributed by atoms with Crippen LogP contribution in [0.15, 0.2) is 18.2 Å². The van der Waals surface area contributed by atoms with Crippen molar-refractivity contribution in [2.75, 3.05) is 13.3 Å². The lowest BCUT2D eigenvalue weighted by molar-refractivity contribution is 0.0730. The maximum atomic E-state index is 13.1. The Morgan fingerprint density at radius 2 is 2.21 bits per heavy atom. The fraction of sp³-hybridized carbons (Fsp3) is 0.412. The largest absolute Gasteiger partial charge is 0.454 e. The molecule has 2 aliphatic heterocycles. The number of para-hydroxylation sites is 1. The fourth-order valence-electron chi connectivity index (χ4n) is 3.59. The van der Waals surface area contributed by atoms with Crippen molar-refractivity contribution in [3.05, 3.63) is 40.2 Å². The summed E-state index contributed by atoms with van der Waals surface area (Å²) in [4.78, 5) is 15.0. The third-order valence-corrected chi connectivity index (χ3v) is 5.12. The third-order valence-electron chi connectivity index (χ3n) is 4.67. The molecule has 1 amide bonds. The second-order valence-electron chi connectivity index (χ2n) is 6.11. The molecule has 0 radical (unpaired) electrons. The van der Waals surface area contributed by atoms with Crippen molar-refractivity contribution >= 4 is 17.5 Å². The first-order valence-corrected chi connectivity index (χ1v) is 8.34. The van der Waals surface area contributed by atoms with Crippen LogP contribution in [0.2, 0.25) is 5.15 Å². The van der Waals surface area contributed by atoms with E-state index in [0.29, 0.717) is 28.8 Å². The number of hydrogen-bond donors (Lipinski definition) is 0. The number of aromatic nitrogens is 2. The Kier molecular flexibility index (Phi) is 3.64. The van der Waals surface area contributed by atoms with Crippen molar-refractivity contribution in [1.29, 1.82) is 0 Å². The van der Waals surface area contributed by atoms with E-state index in [9.17, 15) is 4.79 Å². The van der Waals surface area contributed by atoms with Crippen molar-refractivity contribution in [2.24, 2.45) is 7.05 Å². The number of rotatable bonds is 2. The van der Waals surface area contributed by atoms with Crippen molar-refractivity contribution in [1.82, 2.24) is 14.7 Å². The van der Waals surface area contributed by atoms with Gasteiger partial charge in [0.05, 0.1) is 17.3 Å². The Bertz CT molecular complexity index is 818. The van der Waals surface area contributed by atoms with Gasteiger partial charge in [-0.3, -0.25) is 9.48 Å². The SMILES string of the molecule is Cc1nn(C)c(Cl)c1[C@H]1CCCN1C(=O)c1cccc2c1OCO2. The zero-order chi connectivity index (χ0) is 16.8. The number of amides is 1. The van der Waals surface area contributed by atoms with Gasteiger partial charge in [0.15, 0.2) is 11.5 Å². The summed E-state index contributed by atoms with van der Waals surface area (Å²) >= 11 is 6.42. The number of hydrogen-bond acceptors (Lipinski definition) is 4. The van der Waals surface area contributed by atoms with E-state index in [2.05, 4.69) is 5.10 Å². The first-order chi connectivity index (χ1) is 11.6. The summed E-state index contributed by atoms with van der Waals surface area (Å²) in [5.41, 5.74) is 2.34. The molecule has 0 N–H and O–H groups in total. The molecule has 0 spiro atoms. The van der Waals surface area contributed by atoms with Gasteiger partial charge in [-0.1, -0.05) is 17.7 Å². The molecule has 1 saturated heterocycles. The molecule has 1 fully saturated rings. The van der Waals surface area contributed by atoms with Crippen LogP contribution in [-0.2, 0) is 7.05 Å². The summed E-state index contributed by atoms with van der Waals surface area (Å²) < 4.78 is 12.5. The molecule has 3 heterocycles. The van der Waals surface area contributed by atoms with E-state index in [1.165, 1.54) is 0 Å². The molecule has 24 heavy (non-hydrogen) atoms. The second kappa shape index (κ2) is 5.70. The molecule has 4 rings (SSSR count). The Morgan fingerprint density at radius 3 is 2.96 bits per heavy atom. The van der Waals surface area contributed by atoms with Crippen LogP contribution in [0.5, 0.6) is 11.5 Å². The molecule has 1 aromatic carbocycles. The molecule has 126 valence electrons. The number of fused-ring (bicyclic) bond motifs is 1. The van der Waals surface area contributed by atoms with Gasteiger partial charge < -0.3 is 14.4 Å². The van der Waals surface area contributed by atoms with Crippen LogP contribution in [0.1, 0.15) is 40.5 Å². The maximum absolute atomic E-state index is 13.1. The van der Waals surface area contributed by atoms with E-state index in [-0.39, 0.29) is 18.7 Å². The second-order valence-corrected chi connectivity index (χ2v) is 6.47. The summed E-state index contributed by atoms with van der Waals surface area (Å²) in [5, 5.41) is 4.97. The number of halogens is 1. The minimum absolute atomic E-state index is 0.0563. The molecular formula is C17H18ClN3O3. The molecule has 1 atom stereocenters. The van der Waals surface area contributed by atoms with Crippen LogP contribution in [0, 0.1) is 6.92 Å². The van der Waals surface area contributed by atoms with Gasteiger partial charge in [-0.25, -0.2) is 0 Å². The number of carbonyl (C=O) groups is 1. The van der Waals surface area contributed by atoms with Gasteiger partial charge in [0.1, 0.15) is 5.15 Å². The molecule has 2 aliphatic rings. The summed E-state index contributed by atoms with van der Waals surface area (Å²) in [6.45, 7) is 2.77. The molecule has 1 aromatic heterocycles. The van der Waals surface area contributed by atoms with Gasteiger partial charge >= 0.3 is 0 Å². The predicted molar refractivity (Wildman–Crippen MR) is 88.5 cm³/mol. The van der Waals surface area contributed by atoms with Gasteiger partial charge in [-0.05, 0) is 31.9 Å². The first-order valence-electron chi connectivity index (χ1n) is 7.96. The Balaban J connectivity index is 1.71. The fourth-order valence-corrected chi connectivity index (χ4v) is 3.89. The highest BCUT2D eigenvalue weighted by Gasteiger charge is 2.36. The van der Waals surface area contributed by atoms with Crippen LogP contribution >= 0.6 is 11.6 Å². The molecule has 0 unspecified atom stereocenters. The third kappa shape index (κ3) is 2.24. The standard InChI is InChI=1S/C17H18ClN3O3/c1-10-14(16(18)20(2)19-10)12-6-4-8-21(12)17(22)11-5-3-7-13-15(11)24-9-23-13/h3,5,7,12H,4,6,8-9H2,1-2H3/t12-/m1/s1. The van der Waals surface area contributed by atoms with Crippen molar-refractivity contribution in [3.8, 4) is 11.5 Å². The van der Waals surface area contributed by atoms with Crippen LogP contribution in [-0.4, -0.2) is 33.9 Å². The van der Waals surface area contributed by atoms with Gasteiger partial charge in [0.25, 0.3) is 5.91 Å². The molecule has 2 aromatic rings. The average molecular weight is 348 g/mol. The summed E-state index contributed by atoms with van der Waals surface area (Å²) in [6.07, 6.45) is 1.82. The Hall–Kier alpha value is -2.21. The average Bonchev–Trinajstić information content (AvgIpc) is 3.26. The van der Waals surface area contributed by atoms with E-state index < -0.39 is 0 Å². The molecule has 0 aliphatic carbocycles. The van der Waals surface area contributed by atoms with E-state index in [1.807, 2.05) is 31.0 Å². The highest BCUT2D eigenvalue weighted by atomic mass is 35.5. The minimum atomic E-state index is -0.0584. The van der Waals surface area contributed by atoms with Crippen molar-refractivity contribution < 1.29 is 14.3 Å². The normalized spacial score (nSPS) is 19.1. The molecule has 6 nitrogen and oxygen atoms in total. The molecule has 7 heteroatoms. The predicted octanol–water partition coefficient (Wildman–Crippen LogP) is 3.09. The summed E-state index contributed by atoms with van der Waals surface area (Å²) in [7, 11) is 1.81. The van der Waals surface area contributed by atoms with E-state index in [0.717, 1.165) is 24.1 Å². The van der Waals surface area contributed by atoms with Gasteiger partial charge in [0, 0.05) is 19.2 Å². The van der Waals surface area contributed by atoms with Crippen molar-refractivity contribution in [2.45, 2.75) is 25.8 Å². The zero-order valence-corrected chi connectivity index (χ0v) is 14.3. The number of nitrogens with zero attached hydrogens (tertiary/aromatic N) is 3. The summed E-state index contributed by atoms with van der Waals surface area (Å²) in [6, 6.07) is 5.34. The highest BCUT2D eigenvalue weighted by Crippen LogP contribution is 2.41. The van der Waals surface area contributed by atoms with E-state index in [1.54, 1.807) is 10.7 Å². The topological polar surface area (TPSA) is 56.6 Å². The zero-order valence-electron chi connectivity index (χ0n) is 13.6. The number of benzene rings is 1. The Morgan fingerprint density at radius 1 is 1.38 bits per heavy atom. The van der Waals surface area contributed by atoms with E-state index >= 15 is 0 Å². The lowest BCUT2D eigenvalue weighted by Crippen LogP contribution is -2.31. The van der Waals surface area contributed by atoms with Crippen LogP contribution in [0.4, 0.5) is 0 Å². The van der Waals surface area contributed by atoms with Crippen LogP contribution in [0.3, 0.4) is 0 Å². The smallest absolute Gasteiger partial charge is 0.258 e. The highest BCUT2D eigenvalue weighted by molar-refractivity contribution is 6.30. The maximum Gasteiger partial charge on any atom is 0.258 e. The van der Waals surface area contributed by atoms with Crippen LogP contribution in [0.25, 0.3) is 0 Å². The number of likely N-dealkylation sites (tertiary alicyclic amines) is 1. The Labute approximate surface area is 144 Å². The lowest BCUT2D eigenvalue weighted by atomic mass is 10.0. The number of aryl methyl sites for hydroxylation is 2. The minimum Gasteiger partial charge on any atom is -0.454 e.